The van der Waals surface area contributed by atoms with Crippen LogP contribution in [0.4, 0.5) is 17.5 Å². The zero-order valence-electron chi connectivity index (χ0n) is 59.8. The Labute approximate surface area is 676 Å². The molecule has 3 fully saturated rings. The molecule has 113 heavy (non-hydrogen) atoms. The summed E-state index contributed by atoms with van der Waals surface area (Å²) in [5.74, 6) is -1.70. The van der Waals surface area contributed by atoms with Crippen molar-refractivity contribution in [2.24, 2.45) is 33.2 Å². The van der Waals surface area contributed by atoms with Gasteiger partial charge in [0.2, 0.25) is 17.3 Å². The average molecular weight is 1730 g/mol. The van der Waals surface area contributed by atoms with E-state index in [4.69, 9.17) is 59.7 Å². The number of fused-ring (bicyclic) bond motifs is 3. The van der Waals surface area contributed by atoms with Crippen molar-refractivity contribution < 1.29 is 82.1 Å². The maximum atomic E-state index is 13.6. The maximum Gasteiger partial charge on any atom is 0.333 e. The molecule has 3 aliphatic carbocycles. The number of ketones is 3. The van der Waals surface area contributed by atoms with Gasteiger partial charge in [0.1, 0.15) is 54.7 Å². The van der Waals surface area contributed by atoms with Gasteiger partial charge < -0.3 is 51.2 Å². The van der Waals surface area contributed by atoms with E-state index in [1.165, 1.54) is 77.1 Å². The summed E-state index contributed by atoms with van der Waals surface area (Å²) in [6.45, 7) is 2.93. The molecule has 9 heterocycles. The van der Waals surface area contributed by atoms with E-state index in [-0.39, 0.29) is 89.8 Å². The number of rotatable bonds is 24. The number of aliphatic hydroxyl groups is 4. The van der Waals surface area contributed by atoms with Gasteiger partial charge in [-0.15, -0.1) is 34.0 Å². The Balaban J connectivity index is 0.000000148. The number of nitrogens with one attached hydrogen (secondary N) is 4. The molecule has 6 aliphatic rings. The molecule has 3 aromatic carbocycles. The van der Waals surface area contributed by atoms with Crippen molar-refractivity contribution in [1.82, 2.24) is 40.2 Å². The van der Waals surface area contributed by atoms with Crippen molar-refractivity contribution in [2.45, 2.75) is 119 Å². The summed E-state index contributed by atoms with van der Waals surface area (Å²) in [6, 6.07) is 21.8. The number of halogens is 3. The second-order valence-electron chi connectivity index (χ2n) is 27.7. The molecule has 3 saturated carbocycles. The van der Waals surface area contributed by atoms with Crippen LogP contribution >= 0.6 is 68.8 Å². The van der Waals surface area contributed by atoms with E-state index >= 15 is 0 Å². The number of ether oxygens (including phenoxy) is 2. The van der Waals surface area contributed by atoms with E-state index in [0.717, 1.165) is 69.6 Å². The van der Waals surface area contributed by atoms with Crippen LogP contribution in [0.15, 0.2) is 116 Å². The third-order valence-electron chi connectivity index (χ3n) is 20.2. The predicted octanol–water partition coefficient (Wildman–Crippen LogP) is 6.82. The summed E-state index contributed by atoms with van der Waals surface area (Å²) in [4.78, 5) is 71.7. The van der Waals surface area contributed by atoms with Gasteiger partial charge in [-0.25, -0.2) is 50.3 Å². The summed E-state index contributed by atoms with van der Waals surface area (Å²) in [5.41, 5.74) is 9.56. The van der Waals surface area contributed by atoms with Crippen molar-refractivity contribution in [3.8, 4) is 0 Å². The highest BCUT2D eigenvalue weighted by molar-refractivity contribution is 7.84. The van der Waals surface area contributed by atoms with Crippen LogP contribution in [0.25, 0.3) is 0 Å². The molecule has 13 atom stereocenters. The second-order valence-corrected chi connectivity index (χ2v) is 36.0. The summed E-state index contributed by atoms with van der Waals surface area (Å²) in [5, 5.41) is 72.6. The van der Waals surface area contributed by atoms with Crippen LogP contribution in [-0.2, 0) is 72.2 Å². The molecule has 3 unspecified atom stereocenters. The van der Waals surface area contributed by atoms with Crippen molar-refractivity contribution in [2.75, 3.05) is 55.5 Å². The zero-order chi connectivity index (χ0) is 80.2. The fraction of sp³-hybridized carbons (Fsp3) is 0.389. The normalized spacial score (nSPS) is 24.0. The molecule has 0 saturated heterocycles. The van der Waals surface area contributed by atoms with Crippen LogP contribution in [0.2, 0.25) is 14.4 Å². The van der Waals surface area contributed by atoms with Gasteiger partial charge in [-0.3, -0.25) is 26.9 Å². The highest BCUT2D eigenvalue weighted by Crippen LogP contribution is 2.43. The first-order valence-electron chi connectivity index (χ1n) is 35.4. The summed E-state index contributed by atoms with van der Waals surface area (Å²) < 4.78 is 93.1. The smallest absolute Gasteiger partial charge is 0.333 e. The van der Waals surface area contributed by atoms with Crippen LogP contribution in [-0.4, -0.2) is 180 Å². The molecule has 600 valence electrons. The third-order valence-corrected chi connectivity index (χ3v) is 25.5. The van der Waals surface area contributed by atoms with E-state index < -0.39 is 85.2 Å². The number of aliphatic hydroxyl groups excluding tert-OH is 4. The lowest BCUT2D eigenvalue weighted by atomic mass is 9.91. The van der Waals surface area contributed by atoms with E-state index in [9.17, 15) is 60.1 Å². The number of nitrogens with two attached hydrogens (primary N) is 3. The van der Waals surface area contributed by atoms with Crippen LogP contribution in [0.5, 0.6) is 0 Å². The number of thiazole rings is 1. The third kappa shape index (κ3) is 20.3. The van der Waals surface area contributed by atoms with Gasteiger partial charge in [-0.2, -0.15) is 25.3 Å². The average Bonchev–Trinajstić information content (AvgIpc) is 1.69. The minimum Gasteiger partial charge on any atom is -0.393 e. The SMILES string of the molecule is Cc1sc(C(=O)c2cncnc2N[C@@H]2C[C@H](COS(N)(=O)=O)[C@@H](O)C2)nc1C1OCCc2ccc(Cl)cc21.NS(=O)(=O)OC[C@H]1C[C@@H](Nc2ncncc2C(=O)c2cc(C3NCCc4ccccc43)c(Cl)s2)[C@H](O)[C@@H]1O.NS(=O)(=O)OC[C@H]1C[C@@H](Nc2ncncc2C(=O)c2cc(C3OCCc4c(Cl)cccc43)cs2)C[C@@H]1O. The van der Waals surface area contributed by atoms with Gasteiger partial charge in [0.15, 0.2) is 5.01 Å². The number of carbonyl (C=O) groups excluding carboxylic acids is 3. The Bertz CT molecular complexity index is 5360. The van der Waals surface area contributed by atoms with Crippen LogP contribution < -0.4 is 36.7 Å². The first-order chi connectivity index (χ1) is 53.9. The molecule has 3 aliphatic heterocycles. The van der Waals surface area contributed by atoms with Crippen LogP contribution in [0.3, 0.4) is 0 Å². The molecular formula is C72H77Cl3N14O18S6. The largest absolute Gasteiger partial charge is 0.393 e. The Morgan fingerprint density at radius 1 is 0.584 bits per heavy atom. The maximum absolute atomic E-state index is 13.6. The van der Waals surface area contributed by atoms with E-state index in [1.807, 2.05) is 66.9 Å². The number of anilines is 3. The fourth-order valence-electron chi connectivity index (χ4n) is 14.8. The van der Waals surface area contributed by atoms with Gasteiger partial charge in [0.05, 0.1) is 99.9 Å². The molecule has 14 N–H and O–H groups in total. The molecule has 0 radical (unpaired) electrons. The highest BCUT2D eigenvalue weighted by atomic mass is 35.5. The van der Waals surface area contributed by atoms with Gasteiger partial charge in [-0.1, -0.05) is 77.3 Å². The Morgan fingerprint density at radius 2 is 1.14 bits per heavy atom. The Kier molecular flexibility index (Phi) is 26.6. The molecule has 0 spiro atoms. The lowest BCUT2D eigenvalue weighted by Crippen LogP contribution is -2.36. The number of nitrogens with zero attached hydrogens (tertiary/aromatic N) is 7. The van der Waals surface area contributed by atoms with Crippen molar-refractivity contribution in [3.05, 3.63) is 217 Å². The Morgan fingerprint density at radius 3 is 1.77 bits per heavy atom. The fourth-order valence-corrected chi connectivity index (χ4v) is 19.4. The number of aromatic nitrogens is 7. The van der Waals surface area contributed by atoms with E-state index in [0.29, 0.717) is 85.9 Å². The van der Waals surface area contributed by atoms with Crippen molar-refractivity contribution in [3.63, 3.8) is 0 Å². The van der Waals surface area contributed by atoms with Gasteiger partial charge >= 0.3 is 30.9 Å². The van der Waals surface area contributed by atoms with E-state index in [2.05, 4.69) is 80.8 Å². The molecule has 6 aromatic heterocycles. The number of carbonyl (C=O) groups is 3. The molecule has 41 heteroatoms. The Hall–Kier alpha value is -7.46. The van der Waals surface area contributed by atoms with Gasteiger partial charge in [-0.05, 0) is 133 Å². The van der Waals surface area contributed by atoms with Gasteiger partial charge in [0, 0.05) is 75.5 Å². The number of thiophene rings is 2. The first-order valence-corrected chi connectivity index (χ1v) is 43.5. The second kappa shape index (κ2) is 36.0. The molecule has 9 aromatic rings. The molecule has 0 amide bonds. The predicted molar refractivity (Wildman–Crippen MR) is 420 cm³/mol. The summed E-state index contributed by atoms with van der Waals surface area (Å²) in [7, 11) is -12.4. The summed E-state index contributed by atoms with van der Waals surface area (Å²) >= 11 is 23.0. The number of hydrogen-bond donors (Lipinski definition) is 11. The molecule has 32 nitrogen and oxygen atoms in total. The van der Waals surface area contributed by atoms with E-state index in [1.54, 1.807) is 6.07 Å². The topological polar surface area (TPSA) is 497 Å². The quantitative estimate of drug-likeness (QED) is 0.0276. The first kappa shape index (κ1) is 83.5. The van der Waals surface area contributed by atoms with Crippen LogP contribution in [0.1, 0.15) is 151 Å². The highest BCUT2D eigenvalue weighted by Gasteiger charge is 2.44. The molecular weight excluding hydrogens is 1650 g/mol. The van der Waals surface area contributed by atoms with Gasteiger partial charge in [0.25, 0.3) is 0 Å². The van der Waals surface area contributed by atoms with Crippen molar-refractivity contribution in [1.29, 1.82) is 0 Å². The molecule has 15 rings (SSSR count). The monoisotopic (exact) mass is 1720 g/mol. The summed E-state index contributed by atoms with van der Waals surface area (Å²) in [6.07, 6.45) is 7.37. The lowest BCUT2D eigenvalue weighted by molar-refractivity contribution is 0.00778. The minimum absolute atomic E-state index is 0.138. The van der Waals surface area contributed by atoms with Crippen molar-refractivity contribution >= 4 is 135 Å². The zero-order valence-corrected chi connectivity index (χ0v) is 67.0. The standard InChI is InChI=1S/2C24H26ClN5O6S2.C24H25ClN4O6S2/c1-12-20(22-17-7-15(25)3-2-13(17)4-5-35-22)30-24(37-12)21(32)18-9-27-11-28-23(18)29-16-6-14(19(31)8-16)10-36-38(26,33)34;25-23-15(19-14-4-2-1-3-12(14)5-6-28-19)8-18(37-23)21(32)16-9-27-11-29-24(16)30-17-7-13(20(31)22(17)33)10-36-38(26,34)35;25-19-3-1-2-17-16(19)4-5-34-23(17)14-7-21(36-11-14)22(31)18-9-27-12-28-24(18)29-15-6-13(20(30)8-15)10-35-37(26,32)33/h2-3,7,9,11,14,16,19,22,31H,4-6,8,10H2,1H3,(H2,26,33,34)(H,27,28,29);1-4,8-9,11,13,17,19-20,22,28,31,33H,5-7,10H2,(H2,26,34,35)(H,27,29,30);1-3,7,9,11-13,15,20,23,30H,4-6,8,10H2,(H2,26,32,33)(H,27,28,29)/t14-,16-,19+,22?;13-,17-,19?,20-,22+;13-,15-,20+,23?/m111/s1. The minimum atomic E-state index is -4.20. The number of benzene rings is 3. The lowest BCUT2D eigenvalue weighted by Gasteiger charge is -2.26. The van der Waals surface area contributed by atoms with Crippen LogP contribution in [0, 0.1) is 24.7 Å². The number of aryl methyl sites for hydroxylation is 1. The number of hydrogen-bond acceptors (Lipinski definition) is 32. The molecule has 0 bridgehead atoms.